The molecule has 13 heavy (non-hydrogen) atoms. The third-order valence-electron chi connectivity index (χ3n) is 2.59. The van der Waals surface area contributed by atoms with E-state index >= 15 is 0 Å². The highest BCUT2D eigenvalue weighted by molar-refractivity contribution is 5.43. The Labute approximate surface area is 78.4 Å². The maximum absolute atomic E-state index is 5.53. The second-order valence-corrected chi connectivity index (χ2v) is 4.14. The summed E-state index contributed by atoms with van der Waals surface area (Å²) in [6.45, 7) is 3.31. The lowest BCUT2D eigenvalue weighted by atomic mass is 10.1. The Kier molecular flexibility index (Phi) is 1.87. The molecule has 1 aromatic heterocycles. The molecule has 0 radical (unpaired) electrons. The van der Waals surface area contributed by atoms with Crippen LogP contribution in [-0.4, -0.2) is 11.5 Å². The summed E-state index contributed by atoms with van der Waals surface area (Å²) in [6.07, 6.45) is 4.33. The zero-order valence-electron chi connectivity index (χ0n) is 7.88. The third kappa shape index (κ3) is 2.11. The predicted octanol–water partition coefficient (Wildman–Crippen LogP) is 1.88. The van der Waals surface area contributed by atoms with Gasteiger partial charge in [0, 0.05) is 6.54 Å². The number of anilines is 2. The minimum atomic E-state index is 0.517. The van der Waals surface area contributed by atoms with Crippen molar-refractivity contribution in [3.8, 4) is 0 Å². The highest BCUT2D eigenvalue weighted by Gasteiger charge is 2.36. The number of nitrogen functional groups attached to an aromatic ring is 1. The molecule has 1 aliphatic rings. The van der Waals surface area contributed by atoms with Crippen molar-refractivity contribution in [3.63, 3.8) is 0 Å². The van der Waals surface area contributed by atoms with E-state index in [2.05, 4.69) is 17.2 Å². The van der Waals surface area contributed by atoms with E-state index in [1.807, 2.05) is 12.1 Å². The third-order valence-corrected chi connectivity index (χ3v) is 2.59. The van der Waals surface area contributed by atoms with Crippen LogP contribution in [0.15, 0.2) is 18.3 Å². The standard InChI is InChI=1S/C10H15N3/c1-10(4-5-10)7-13-9-3-2-8(11)6-12-9/h2-3,6H,4-5,7,11H2,1H3,(H,12,13). The van der Waals surface area contributed by atoms with Crippen molar-refractivity contribution in [3.05, 3.63) is 18.3 Å². The van der Waals surface area contributed by atoms with E-state index < -0.39 is 0 Å². The molecule has 0 unspecified atom stereocenters. The van der Waals surface area contributed by atoms with Gasteiger partial charge in [0.25, 0.3) is 0 Å². The summed E-state index contributed by atoms with van der Waals surface area (Å²) in [5, 5.41) is 3.31. The monoisotopic (exact) mass is 177 g/mol. The predicted molar refractivity (Wildman–Crippen MR) is 54.5 cm³/mol. The van der Waals surface area contributed by atoms with Gasteiger partial charge in [-0.2, -0.15) is 0 Å². The average molecular weight is 177 g/mol. The van der Waals surface area contributed by atoms with E-state index in [0.29, 0.717) is 11.1 Å². The average Bonchev–Trinajstić information content (AvgIpc) is 2.84. The fourth-order valence-corrected chi connectivity index (χ4v) is 1.20. The first-order chi connectivity index (χ1) is 6.18. The van der Waals surface area contributed by atoms with Crippen LogP contribution < -0.4 is 11.1 Å². The Balaban J connectivity index is 1.91. The lowest BCUT2D eigenvalue weighted by Crippen LogP contribution is -2.12. The Morgan fingerprint density at radius 2 is 2.31 bits per heavy atom. The molecule has 70 valence electrons. The summed E-state index contributed by atoms with van der Waals surface area (Å²) in [5.41, 5.74) is 6.76. The van der Waals surface area contributed by atoms with Gasteiger partial charge < -0.3 is 11.1 Å². The van der Waals surface area contributed by atoms with E-state index in [1.54, 1.807) is 6.20 Å². The Morgan fingerprint density at radius 3 is 2.85 bits per heavy atom. The number of hydrogen-bond donors (Lipinski definition) is 2. The summed E-state index contributed by atoms with van der Waals surface area (Å²) < 4.78 is 0. The molecule has 1 aromatic rings. The van der Waals surface area contributed by atoms with Gasteiger partial charge in [0.2, 0.25) is 0 Å². The molecule has 1 heterocycles. The van der Waals surface area contributed by atoms with Crippen molar-refractivity contribution in [2.24, 2.45) is 5.41 Å². The van der Waals surface area contributed by atoms with Crippen LogP contribution in [0.25, 0.3) is 0 Å². The Bertz CT molecular complexity index is 288. The molecule has 0 aliphatic heterocycles. The van der Waals surface area contributed by atoms with Crippen molar-refractivity contribution in [1.82, 2.24) is 4.98 Å². The maximum atomic E-state index is 5.53. The van der Waals surface area contributed by atoms with Gasteiger partial charge in [0.15, 0.2) is 0 Å². The summed E-state index contributed by atoms with van der Waals surface area (Å²) >= 11 is 0. The molecule has 0 atom stereocenters. The number of aromatic nitrogens is 1. The second kappa shape index (κ2) is 2.91. The van der Waals surface area contributed by atoms with Crippen LogP contribution in [0.5, 0.6) is 0 Å². The second-order valence-electron chi connectivity index (χ2n) is 4.14. The van der Waals surface area contributed by atoms with Crippen molar-refractivity contribution < 1.29 is 0 Å². The lowest BCUT2D eigenvalue weighted by molar-refractivity contribution is 0.609. The smallest absolute Gasteiger partial charge is 0.126 e. The quantitative estimate of drug-likeness (QED) is 0.741. The molecule has 1 saturated carbocycles. The van der Waals surface area contributed by atoms with E-state index in [4.69, 9.17) is 5.73 Å². The molecular formula is C10H15N3. The summed E-state index contributed by atoms with van der Waals surface area (Å²) in [6, 6.07) is 3.78. The van der Waals surface area contributed by atoms with Gasteiger partial charge >= 0.3 is 0 Å². The summed E-state index contributed by atoms with van der Waals surface area (Å²) in [7, 11) is 0. The molecular weight excluding hydrogens is 162 g/mol. The summed E-state index contributed by atoms with van der Waals surface area (Å²) in [4.78, 5) is 4.17. The number of nitrogens with two attached hydrogens (primary N) is 1. The van der Waals surface area contributed by atoms with Gasteiger partial charge in [0.05, 0.1) is 11.9 Å². The molecule has 1 fully saturated rings. The van der Waals surface area contributed by atoms with Crippen LogP contribution in [0.4, 0.5) is 11.5 Å². The Hall–Kier alpha value is -1.25. The van der Waals surface area contributed by atoms with E-state index in [1.165, 1.54) is 12.8 Å². The van der Waals surface area contributed by atoms with Gasteiger partial charge in [-0.15, -0.1) is 0 Å². The van der Waals surface area contributed by atoms with Gasteiger partial charge in [-0.05, 0) is 30.4 Å². The fraction of sp³-hybridized carbons (Fsp3) is 0.500. The minimum absolute atomic E-state index is 0.517. The highest BCUT2D eigenvalue weighted by atomic mass is 15.0. The molecule has 0 saturated heterocycles. The van der Waals surface area contributed by atoms with Crippen LogP contribution in [-0.2, 0) is 0 Å². The van der Waals surface area contributed by atoms with Crippen molar-refractivity contribution in [1.29, 1.82) is 0 Å². The van der Waals surface area contributed by atoms with Gasteiger partial charge in [-0.3, -0.25) is 0 Å². The molecule has 2 rings (SSSR count). The van der Waals surface area contributed by atoms with E-state index in [0.717, 1.165) is 12.4 Å². The largest absolute Gasteiger partial charge is 0.397 e. The molecule has 3 heteroatoms. The van der Waals surface area contributed by atoms with Gasteiger partial charge in [-0.25, -0.2) is 4.98 Å². The molecule has 3 N–H and O–H groups in total. The molecule has 0 aromatic carbocycles. The first-order valence-corrected chi connectivity index (χ1v) is 4.63. The number of nitrogens with zero attached hydrogens (tertiary/aromatic N) is 1. The lowest BCUT2D eigenvalue weighted by Gasteiger charge is -2.10. The van der Waals surface area contributed by atoms with Crippen LogP contribution in [0, 0.1) is 5.41 Å². The molecule has 3 nitrogen and oxygen atoms in total. The van der Waals surface area contributed by atoms with Crippen LogP contribution >= 0.6 is 0 Å². The zero-order valence-corrected chi connectivity index (χ0v) is 7.88. The van der Waals surface area contributed by atoms with E-state index in [9.17, 15) is 0 Å². The van der Waals surface area contributed by atoms with E-state index in [-0.39, 0.29) is 0 Å². The Morgan fingerprint density at radius 1 is 1.54 bits per heavy atom. The number of pyridine rings is 1. The summed E-state index contributed by atoms with van der Waals surface area (Å²) in [5.74, 6) is 0.919. The molecule has 0 amide bonds. The topological polar surface area (TPSA) is 50.9 Å². The van der Waals surface area contributed by atoms with Gasteiger partial charge in [0.1, 0.15) is 5.82 Å². The van der Waals surface area contributed by atoms with Crippen molar-refractivity contribution >= 4 is 11.5 Å². The van der Waals surface area contributed by atoms with Crippen LogP contribution in [0.2, 0.25) is 0 Å². The van der Waals surface area contributed by atoms with Crippen LogP contribution in [0.1, 0.15) is 19.8 Å². The number of nitrogens with one attached hydrogen (secondary N) is 1. The first-order valence-electron chi connectivity index (χ1n) is 4.63. The number of hydrogen-bond acceptors (Lipinski definition) is 3. The number of rotatable bonds is 3. The zero-order chi connectivity index (χ0) is 9.31. The minimum Gasteiger partial charge on any atom is -0.397 e. The van der Waals surface area contributed by atoms with Crippen molar-refractivity contribution in [2.45, 2.75) is 19.8 Å². The van der Waals surface area contributed by atoms with Crippen LogP contribution in [0.3, 0.4) is 0 Å². The molecule has 0 bridgehead atoms. The van der Waals surface area contributed by atoms with Gasteiger partial charge in [-0.1, -0.05) is 6.92 Å². The maximum Gasteiger partial charge on any atom is 0.126 e. The normalized spacial score (nSPS) is 18.2. The fourth-order valence-electron chi connectivity index (χ4n) is 1.20. The first kappa shape index (κ1) is 8.35. The van der Waals surface area contributed by atoms with Crippen molar-refractivity contribution in [2.75, 3.05) is 17.6 Å². The SMILES string of the molecule is CC1(CNc2ccc(N)cn2)CC1. The molecule has 1 aliphatic carbocycles. The molecule has 0 spiro atoms. The highest BCUT2D eigenvalue weighted by Crippen LogP contribution is 2.44.